The number of carbonyl (C=O) groups excluding carboxylic acids is 2. The topological polar surface area (TPSA) is 71.1 Å². The number of amides is 2. The first kappa shape index (κ1) is 15.7. The lowest BCUT2D eigenvalue weighted by Crippen LogP contribution is -2.22. The number of nitrogens with one attached hydrogen (secondary N) is 2. The molecule has 0 radical (unpaired) electrons. The fourth-order valence-corrected chi connectivity index (χ4v) is 3.67. The summed E-state index contributed by atoms with van der Waals surface area (Å²) in [5.41, 5.74) is 1.77. The number of rotatable bonds is 4. The van der Waals surface area contributed by atoms with Gasteiger partial charge < -0.3 is 10.6 Å². The van der Waals surface area contributed by atoms with E-state index < -0.39 is 0 Å². The zero-order valence-corrected chi connectivity index (χ0v) is 13.8. The second-order valence-electron chi connectivity index (χ2n) is 5.52. The first-order valence-corrected chi connectivity index (χ1v) is 8.64. The molecule has 0 bridgehead atoms. The molecule has 1 atom stereocenters. The maximum Gasteiger partial charge on any atom is 0.263 e. The first-order chi connectivity index (χ1) is 11.2. The highest BCUT2D eigenvalue weighted by Crippen LogP contribution is 2.27. The van der Waals surface area contributed by atoms with Gasteiger partial charge in [-0.25, -0.2) is 4.98 Å². The van der Waals surface area contributed by atoms with Crippen LogP contribution in [0.1, 0.15) is 46.6 Å². The molecule has 120 valence electrons. The predicted molar refractivity (Wildman–Crippen MR) is 90.9 cm³/mol. The van der Waals surface area contributed by atoms with Crippen LogP contribution in [-0.2, 0) is 11.2 Å². The number of benzene rings is 1. The summed E-state index contributed by atoms with van der Waals surface area (Å²) in [5, 5.41) is 6.23. The summed E-state index contributed by atoms with van der Waals surface area (Å²) in [6.45, 7) is 2.66. The molecular formula is C17H19N3O2S. The molecule has 1 aliphatic heterocycles. The molecule has 2 amide bonds. The maximum atomic E-state index is 12.6. The second kappa shape index (κ2) is 6.91. The van der Waals surface area contributed by atoms with E-state index in [2.05, 4.69) is 15.6 Å². The summed E-state index contributed by atoms with van der Waals surface area (Å²) < 4.78 is 0. The Bertz CT molecular complexity index is 712. The zero-order valence-electron chi connectivity index (χ0n) is 13.0. The molecule has 0 saturated heterocycles. The molecule has 1 aromatic heterocycles. The molecule has 1 aromatic carbocycles. The molecule has 6 heteroatoms. The molecule has 0 aliphatic carbocycles. The van der Waals surface area contributed by atoms with Crippen molar-refractivity contribution < 1.29 is 9.59 Å². The summed E-state index contributed by atoms with van der Waals surface area (Å²) in [7, 11) is 0. The van der Waals surface area contributed by atoms with Crippen molar-refractivity contribution in [3.05, 3.63) is 46.5 Å². The summed E-state index contributed by atoms with van der Waals surface area (Å²) in [5.74, 6) is -0.387. The standard InChI is InChI=1S/C17H19N3O2S/c1-2-12(11-7-4-3-5-8-11)15(21)20-17-19-13-9-6-10-18-16(22)14(13)23-17/h3-5,7-8,12H,2,6,9-10H2,1H3,(H,18,22)(H,19,20,21). The highest BCUT2D eigenvalue weighted by Gasteiger charge is 2.23. The van der Waals surface area contributed by atoms with Crippen LogP contribution >= 0.6 is 11.3 Å². The van der Waals surface area contributed by atoms with Crippen LogP contribution in [0.25, 0.3) is 0 Å². The summed E-state index contributed by atoms with van der Waals surface area (Å²) in [6, 6.07) is 9.71. The molecule has 0 spiro atoms. The monoisotopic (exact) mass is 329 g/mol. The lowest BCUT2D eigenvalue weighted by molar-refractivity contribution is -0.117. The third-order valence-corrected chi connectivity index (χ3v) is 4.95. The Balaban J connectivity index is 1.78. The van der Waals surface area contributed by atoms with Crippen LogP contribution < -0.4 is 10.6 Å². The molecule has 2 N–H and O–H groups in total. The highest BCUT2D eigenvalue weighted by atomic mass is 32.1. The second-order valence-corrected chi connectivity index (χ2v) is 6.51. The SMILES string of the molecule is CCC(C(=O)Nc1nc2c(s1)C(=O)NCCC2)c1ccccc1. The summed E-state index contributed by atoms with van der Waals surface area (Å²) in [6.07, 6.45) is 2.34. The van der Waals surface area contributed by atoms with Crippen LogP contribution in [0, 0.1) is 0 Å². The van der Waals surface area contributed by atoms with Crippen LogP contribution in [0.5, 0.6) is 0 Å². The van der Waals surface area contributed by atoms with Crippen LogP contribution in [0.4, 0.5) is 5.13 Å². The molecular weight excluding hydrogens is 310 g/mol. The maximum absolute atomic E-state index is 12.6. The van der Waals surface area contributed by atoms with Crippen LogP contribution in [0.3, 0.4) is 0 Å². The number of carbonyl (C=O) groups is 2. The van der Waals surface area contributed by atoms with Gasteiger partial charge in [0.15, 0.2) is 5.13 Å². The van der Waals surface area contributed by atoms with Crippen molar-refractivity contribution in [2.75, 3.05) is 11.9 Å². The van der Waals surface area contributed by atoms with Gasteiger partial charge in [0.05, 0.1) is 11.6 Å². The quantitative estimate of drug-likeness (QED) is 0.906. The first-order valence-electron chi connectivity index (χ1n) is 7.82. The van der Waals surface area contributed by atoms with E-state index in [1.165, 1.54) is 11.3 Å². The van der Waals surface area contributed by atoms with E-state index in [0.29, 0.717) is 23.0 Å². The van der Waals surface area contributed by atoms with E-state index >= 15 is 0 Å². The minimum atomic E-state index is -0.214. The van der Waals surface area contributed by atoms with Gasteiger partial charge in [0, 0.05) is 6.54 Å². The number of fused-ring (bicyclic) bond motifs is 1. The number of thiazole rings is 1. The smallest absolute Gasteiger partial charge is 0.263 e. The van der Waals surface area contributed by atoms with Gasteiger partial charge in [-0.15, -0.1) is 0 Å². The van der Waals surface area contributed by atoms with Gasteiger partial charge in [0.25, 0.3) is 5.91 Å². The zero-order chi connectivity index (χ0) is 16.2. The van der Waals surface area contributed by atoms with Crippen LogP contribution in [0.15, 0.2) is 30.3 Å². The number of anilines is 1. The Hall–Kier alpha value is -2.21. The van der Waals surface area contributed by atoms with E-state index in [1.807, 2.05) is 37.3 Å². The molecule has 2 aromatic rings. The number of aromatic nitrogens is 1. The summed E-state index contributed by atoms with van der Waals surface area (Å²) >= 11 is 1.25. The van der Waals surface area contributed by atoms with E-state index in [9.17, 15) is 9.59 Å². The van der Waals surface area contributed by atoms with E-state index in [4.69, 9.17) is 0 Å². The van der Waals surface area contributed by atoms with Gasteiger partial charge in [-0.05, 0) is 24.8 Å². The van der Waals surface area contributed by atoms with Crippen molar-refractivity contribution in [2.45, 2.75) is 32.1 Å². The third kappa shape index (κ3) is 3.42. The molecule has 3 rings (SSSR count). The molecule has 1 aliphatic rings. The van der Waals surface area contributed by atoms with Gasteiger partial charge in [0.2, 0.25) is 5.91 Å². The Labute approximate surface area is 139 Å². The fourth-order valence-electron chi connectivity index (χ4n) is 2.74. The summed E-state index contributed by atoms with van der Waals surface area (Å²) in [4.78, 5) is 29.6. The van der Waals surface area contributed by atoms with Crippen LogP contribution in [-0.4, -0.2) is 23.3 Å². The fraction of sp³-hybridized carbons (Fsp3) is 0.353. The van der Waals surface area contributed by atoms with Crippen molar-refractivity contribution in [1.82, 2.24) is 10.3 Å². The van der Waals surface area contributed by atoms with E-state index in [0.717, 1.165) is 24.1 Å². The van der Waals surface area contributed by atoms with Gasteiger partial charge in [-0.3, -0.25) is 9.59 Å². The van der Waals surface area contributed by atoms with Gasteiger partial charge in [-0.2, -0.15) is 0 Å². The Morgan fingerprint density at radius 2 is 2.17 bits per heavy atom. The van der Waals surface area contributed by atoms with E-state index in [1.54, 1.807) is 0 Å². The van der Waals surface area contributed by atoms with Crippen molar-refractivity contribution in [3.8, 4) is 0 Å². The normalized spacial score (nSPS) is 15.3. The molecule has 1 unspecified atom stereocenters. The Morgan fingerprint density at radius 3 is 2.91 bits per heavy atom. The third-order valence-electron chi connectivity index (χ3n) is 3.94. The van der Waals surface area contributed by atoms with Crippen molar-refractivity contribution in [3.63, 3.8) is 0 Å². The van der Waals surface area contributed by atoms with Crippen molar-refractivity contribution >= 4 is 28.3 Å². The Kier molecular flexibility index (Phi) is 4.71. The average molecular weight is 329 g/mol. The minimum Gasteiger partial charge on any atom is -0.351 e. The highest BCUT2D eigenvalue weighted by molar-refractivity contribution is 7.17. The lowest BCUT2D eigenvalue weighted by Gasteiger charge is -2.14. The molecule has 23 heavy (non-hydrogen) atoms. The molecule has 5 nitrogen and oxygen atoms in total. The largest absolute Gasteiger partial charge is 0.351 e. The van der Waals surface area contributed by atoms with E-state index in [-0.39, 0.29) is 17.7 Å². The molecule has 0 saturated carbocycles. The Morgan fingerprint density at radius 1 is 1.39 bits per heavy atom. The number of aryl methyl sites for hydroxylation is 1. The number of hydrogen-bond donors (Lipinski definition) is 2. The lowest BCUT2D eigenvalue weighted by atomic mass is 9.96. The molecule has 0 fully saturated rings. The average Bonchev–Trinajstić information content (AvgIpc) is 2.88. The van der Waals surface area contributed by atoms with Gasteiger partial charge in [-0.1, -0.05) is 48.6 Å². The predicted octanol–water partition coefficient (Wildman–Crippen LogP) is 2.95. The number of nitrogens with zero attached hydrogens (tertiary/aromatic N) is 1. The number of hydrogen-bond acceptors (Lipinski definition) is 4. The van der Waals surface area contributed by atoms with Crippen molar-refractivity contribution in [1.29, 1.82) is 0 Å². The van der Waals surface area contributed by atoms with Crippen LogP contribution in [0.2, 0.25) is 0 Å². The molecule has 2 heterocycles. The van der Waals surface area contributed by atoms with Crippen molar-refractivity contribution in [2.24, 2.45) is 0 Å². The van der Waals surface area contributed by atoms with Gasteiger partial charge >= 0.3 is 0 Å². The minimum absolute atomic E-state index is 0.0805. The van der Waals surface area contributed by atoms with Gasteiger partial charge in [0.1, 0.15) is 4.88 Å².